The van der Waals surface area contributed by atoms with Gasteiger partial charge in [-0.3, -0.25) is 0 Å². The third-order valence-corrected chi connectivity index (χ3v) is 7.12. The molecule has 158 valence electrons. The Kier molecular flexibility index (Phi) is 5.74. The number of nitrogens with zero attached hydrogens (tertiary/aromatic N) is 3. The monoisotopic (exact) mass is 429 g/mol. The van der Waals surface area contributed by atoms with E-state index in [1.807, 2.05) is 24.3 Å². The van der Waals surface area contributed by atoms with E-state index >= 15 is 0 Å². The Morgan fingerprint density at radius 3 is 2.23 bits per heavy atom. The zero-order chi connectivity index (χ0) is 21.1. The van der Waals surface area contributed by atoms with Gasteiger partial charge in [-0.15, -0.1) is 0 Å². The number of benzene rings is 2. The first kappa shape index (κ1) is 20.4. The van der Waals surface area contributed by atoms with Gasteiger partial charge in [0.15, 0.2) is 0 Å². The van der Waals surface area contributed by atoms with Crippen molar-refractivity contribution in [3.05, 3.63) is 54.4 Å². The van der Waals surface area contributed by atoms with E-state index in [0.29, 0.717) is 30.4 Å². The summed E-state index contributed by atoms with van der Waals surface area (Å²) in [6, 6.07) is 13.2. The maximum absolute atomic E-state index is 13.3. The highest BCUT2D eigenvalue weighted by Gasteiger charge is 2.37. The van der Waals surface area contributed by atoms with Crippen LogP contribution in [0.4, 0.5) is 0 Å². The zero-order valence-electron chi connectivity index (χ0n) is 16.8. The molecule has 0 N–H and O–H groups in total. The Balaban J connectivity index is 1.62. The molecule has 0 spiro atoms. The van der Waals surface area contributed by atoms with Crippen LogP contribution in [0.5, 0.6) is 11.5 Å². The first-order valence-electron chi connectivity index (χ1n) is 9.67. The molecular weight excluding hydrogens is 406 g/mol. The van der Waals surface area contributed by atoms with Crippen molar-refractivity contribution in [2.24, 2.45) is 0 Å². The van der Waals surface area contributed by atoms with Gasteiger partial charge in [0, 0.05) is 12.1 Å². The molecule has 8 nitrogen and oxygen atoms in total. The van der Waals surface area contributed by atoms with Crippen molar-refractivity contribution in [3.8, 4) is 22.9 Å². The molecular formula is C21H23N3O5S. The maximum Gasteiger partial charge on any atom is 0.245 e. The highest BCUT2D eigenvalue weighted by atomic mass is 32.2. The summed E-state index contributed by atoms with van der Waals surface area (Å²) in [4.78, 5) is 4.71. The third-order valence-electron chi connectivity index (χ3n) is 5.19. The molecule has 0 radical (unpaired) electrons. The van der Waals surface area contributed by atoms with Crippen molar-refractivity contribution < 1.29 is 22.4 Å². The first-order valence-corrected chi connectivity index (χ1v) is 11.1. The fourth-order valence-corrected chi connectivity index (χ4v) is 5.20. The van der Waals surface area contributed by atoms with E-state index in [0.717, 1.165) is 24.2 Å². The maximum atomic E-state index is 13.3. The van der Waals surface area contributed by atoms with Crippen LogP contribution in [0.2, 0.25) is 0 Å². The Hall–Kier alpha value is -2.91. The molecule has 0 saturated carbocycles. The second kappa shape index (κ2) is 8.45. The van der Waals surface area contributed by atoms with Gasteiger partial charge in [0.1, 0.15) is 17.5 Å². The average Bonchev–Trinajstić information content (AvgIpc) is 3.29. The van der Waals surface area contributed by atoms with E-state index in [9.17, 15) is 8.42 Å². The third kappa shape index (κ3) is 3.90. The van der Waals surface area contributed by atoms with Gasteiger partial charge in [0.25, 0.3) is 0 Å². The number of aromatic nitrogens is 2. The fourth-order valence-electron chi connectivity index (χ4n) is 3.55. The van der Waals surface area contributed by atoms with Crippen molar-refractivity contribution in [2.75, 3.05) is 20.8 Å². The smallest absolute Gasteiger partial charge is 0.245 e. The summed E-state index contributed by atoms with van der Waals surface area (Å²) < 4.78 is 43.9. The molecule has 1 aliphatic heterocycles. The van der Waals surface area contributed by atoms with Gasteiger partial charge >= 0.3 is 0 Å². The van der Waals surface area contributed by atoms with E-state index in [4.69, 9.17) is 14.0 Å². The van der Waals surface area contributed by atoms with Crippen molar-refractivity contribution in [2.45, 2.75) is 30.2 Å². The van der Waals surface area contributed by atoms with Crippen molar-refractivity contribution in [3.63, 3.8) is 0 Å². The lowest BCUT2D eigenvalue weighted by Crippen LogP contribution is -2.38. The number of hydrogen-bond acceptors (Lipinski definition) is 7. The van der Waals surface area contributed by atoms with Crippen LogP contribution < -0.4 is 9.47 Å². The van der Waals surface area contributed by atoms with Gasteiger partial charge < -0.3 is 14.0 Å². The Bertz CT molecular complexity index is 1090. The molecule has 1 aromatic heterocycles. The van der Waals surface area contributed by atoms with Crippen LogP contribution in [0.15, 0.2) is 57.9 Å². The van der Waals surface area contributed by atoms with Crippen LogP contribution in [0.1, 0.15) is 31.2 Å². The van der Waals surface area contributed by atoms with Gasteiger partial charge in [-0.1, -0.05) is 11.6 Å². The van der Waals surface area contributed by atoms with Gasteiger partial charge in [-0.05, 0) is 61.4 Å². The van der Waals surface area contributed by atoms with Gasteiger partial charge in [0.05, 0.1) is 19.1 Å². The predicted molar refractivity (Wildman–Crippen MR) is 110 cm³/mol. The number of hydrogen-bond donors (Lipinski definition) is 0. The highest BCUT2D eigenvalue weighted by molar-refractivity contribution is 7.89. The SMILES string of the molecule is COc1ccc(-c2noc(C3CCCCN3S(=O)(=O)c3ccc(OC)cc3)n2)cc1. The number of sulfonamides is 1. The molecule has 3 aromatic rings. The molecule has 4 rings (SSSR count). The Morgan fingerprint density at radius 1 is 0.967 bits per heavy atom. The molecule has 0 amide bonds. The molecule has 9 heteroatoms. The summed E-state index contributed by atoms with van der Waals surface area (Å²) in [6.45, 7) is 0.402. The highest BCUT2D eigenvalue weighted by Crippen LogP contribution is 2.35. The molecule has 1 saturated heterocycles. The van der Waals surface area contributed by atoms with Crippen LogP contribution >= 0.6 is 0 Å². The van der Waals surface area contributed by atoms with Gasteiger partial charge in [0.2, 0.25) is 21.7 Å². The largest absolute Gasteiger partial charge is 0.497 e. The van der Waals surface area contributed by atoms with Crippen LogP contribution in [-0.2, 0) is 10.0 Å². The molecule has 0 aliphatic carbocycles. The minimum Gasteiger partial charge on any atom is -0.497 e. The van der Waals surface area contributed by atoms with Crippen LogP contribution in [-0.4, -0.2) is 43.6 Å². The van der Waals surface area contributed by atoms with Crippen LogP contribution in [0.25, 0.3) is 11.4 Å². The number of piperidine rings is 1. The lowest BCUT2D eigenvalue weighted by atomic mass is 10.1. The minimum absolute atomic E-state index is 0.213. The summed E-state index contributed by atoms with van der Waals surface area (Å²) >= 11 is 0. The van der Waals surface area contributed by atoms with E-state index in [1.165, 1.54) is 4.31 Å². The molecule has 30 heavy (non-hydrogen) atoms. The van der Waals surface area contributed by atoms with Crippen LogP contribution in [0, 0.1) is 0 Å². The first-order chi connectivity index (χ1) is 14.5. The second-order valence-electron chi connectivity index (χ2n) is 6.99. The topological polar surface area (TPSA) is 94.8 Å². The van der Waals surface area contributed by atoms with E-state index in [2.05, 4.69) is 10.1 Å². The summed E-state index contributed by atoms with van der Waals surface area (Å²) in [5, 5.41) is 4.06. The lowest BCUT2D eigenvalue weighted by molar-refractivity contribution is 0.204. The summed E-state index contributed by atoms with van der Waals surface area (Å²) in [5.41, 5.74) is 0.770. The molecule has 0 bridgehead atoms. The van der Waals surface area contributed by atoms with Crippen LogP contribution in [0.3, 0.4) is 0 Å². The summed E-state index contributed by atoms with van der Waals surface area (Å²) in [6.07, 6.45) is 2.30. The molecule has 1 aliphatic rings. The van der Waals surface area contributed by atoms with Crippen molar-refractivity contribution >= 4 is 10.0 Å². The fraction of sp³-hybridized carbons (Fsp3) is 0.333. The average molecular weight is 429 g/mol. The van der Waals surface area contributed by atoms with Crippen molar-refractivity contribution in [1.29, 1.82) is 0 Å². The Labute approximate surface area is 175 Å². The minimum atomic E-state index is -3.72. The molecule has 1 fully saturated rings. The molecule has 2 heterocycles. The normalized spacial score (nSPS) is 17.6. The number of rotatable bonds is 6. The van der Waals surface area contributed by atoms with Gasteiger partial charge in [-0.25, -0.2) is 8.42 Å². The quantitative estimate of drug-likeness (QED) is 0.590. The molecule has 1 atom stereocenters. The van der Waals surface area contributed by atoms with Gasteiger partial charge in [-0.2, -0.15) is 9.29 Å². The summed E-state index contributed by atoms with van der Waals surface area (Å²) in [7, 11) is -0.574. The zero-order valence-corrected chi connectivity index (χ0v) is 17.6. The van der Waals surface area contributed by atoms with Crippen molar-refractivity contribution in [1.82, 2.24) is 14.4 Å². The summed E-state index contributed by atoms with van der Waals surface area (Å²) in [5.74, 6) is 2.05. The van der Waals surface area contributed by atoms with E-state index < -0.39 is 16.1 Å². The number of methoxy groups -OCH3 is 2. The van der Waals surface area contributed by atoms with E-state index in [-0.39, 0.29) is 4.90 Å². The predicted octanol–water partition coefficient (Wildman–Crippen LogP) is 3.67. The second-order valence-corrected chi connectivity index (χ2v) is 8.88. The standard InChI is InChI=1S/C21H23N3O5S/c1-27-16-8-6-15(7-9-16)20-22-21(29-23-20)19-5-3-4-14-24(19)30(25,26)18-12-10-17(28-2)11-13-18/h6-13,19H,3-5,14H2,1-2H3. The Morgan fingerprint density at radius 2 is 1.60 bits per heavy atom. The molecule has 1 unspecified atom stereocenters. The van der Waals surface area contributed by atoms with E-state index in [1.54, 1.807) is 38.5 Å². The molecule has 2 aromatic carbocycles. The lowest BCUT2D eigenvalue weighted by Gasteiger charge is -2.32. The number of ether oxygens (including phenoxy) is 2.